The van der Waals surface area contributed by atoms with E-state index in [1.165, 1.54) is 6.42 Å². The van der Waals surface area contributed by atoms with Crippen molar-refractivity contribution in [1.29, 1.82) is 0 Å². The van der Waals surface area contributed by atoms with Crippen LogP contribution in [0.25, 0.3) is 0 Å². The van der Waals surface area contributed by atoms with Crippen molar-refractivity contribution in [2.45, 2.75) is 72.1 Å². The van der Waals surface area contributed by atoms with Crippen molar-refractivity contribution in [2.75, 3.05) is 6.54 Å². The molecule has 0 heterocycles. The predicted molar refractivity (Wildman–Crippen MR) is 62.7 cm³/mol. The first-order chi connectivity index (χ1) is 6.31. The lowest BCUT2D eigenvalue weighted by atomic mass is 10.1. The number of nitrogens with one attached hydrogen (secondary N) is 1. The van der Waals surface area contributed by atoms with Crippen LogP contribution in [0.5, 0.6) is 0 Å². The minimum Gasteiger partial charge on any atom is -0.373 e. The summed E-state index contributed by atoms with van der Waals surface area (Å²) in [5, 5.41) is 3.41. The fraction of sp³-hybridized carbons (Fsp3) is 1.00. The first kappa shape index (κ1) is 13.9. The Morgan fingerprint density at radius 1 is 1.14 bits per heavy atom. The fourth-order valence-electron chi connectivity index (χ4n) is 1.44. The summed E-state index contributed by atoms with van der Waals surface area (Å²) in [6.45, 7) is 13.9. The molecule has 0 radical (unpaired) electrons. The van der Waals surface area contributed by atoms with E-state index in [0.29, 0.717) is 12.1 Å². The van der Waals surface area contributed by atoms with Crippen molar-refractivity contribution >= 4 is 0 Å². The molecular formula is C12H27NO. The molecule has 0 saturated carbocycles. The molecular weight excluding hydrogens is 174 g/mol. The maximum absolute atomic E-state index is 5.82. The number of hydrogen-bond acceptors (Lipinski definition) is 2. The average molecular weight is 201 g/mol. The van der Waals surface area contributed by atoms with Gasteiger partial charge in [0.25, 0.3) is 0 Å². The lowest BCUT2D eigenvalue weighted by molar-refractivity contribution is -0.0547. The Balaban J connectivity index is 3.40. The molecule has 1 N–H and O–H groups in total. The molecule has 0 fully saturated rings. The van der Waals surface area contributed by atoms with Crippen molar-refractivity contribution < 1.29 is 4.74 Å². The molecule has 1 unspecified atom stereocenters. The molecule has 0 spiro atoms. The Morgan fingerprint density at radius 2 is 1.71 bits per heavy atom. The summed E-state index contributed by atoms with van der Waals surface area (Å²) < 4.78 is 5.82. The molecule has 0 rings (SSSR count). The number of hydrogen-bond donors (Lipinski definition) is 1. The van der Waals surface area contributed by atoms with Crippen LogP contribution in [0, 0.1) is 0 Å². The molecule has 86 valence electrons. The van der Waals surface area contributed by atoms with Crippen LogP contribution in [0.15, 0.2) is 0 Å². The van der Waals surface area contributed by atoms with Gasteiger partial charge in [-0.25, -0.2) is 0 Å². The van der Waals surface area contributed by atoms with Crippen LogP contribution in [0.1, 0.15) is 54.4 Å². The normalized spacial score (nSPS) is 14.8. The summed E-state index contributed by atoms with van der Waals surface area (Å²) in [6.07, 6.45) is 2.69. The van der Waals surface area contributed by atoms with Crippen LogP contribution in [0.3, 0.4) is 0 Å². The molecule has 2 heteroatoms. The van der Waals surface area contributed by atoms with E-state index in [1.54, 1.807) is 0 Å². The zero-order valence-corrected chi connectivity index (χ0v) is 10.7. The van der Waals surface area contributed by atoms with Gasteiger partial charge in [0.05, 0.1) is 11.7 Å². The van der Waals surface area contributed by atoms with Crippen LogP contribution < -0.4 is 5.32 Å². The van der Waals surface area contributed by atoms with Gasteiger partial charge < -0.3 is 10.1 Å². The van der Waals surface area contributed by atoms with Gasteiger partial charge in [-0.15, -0.1) is 0 Å². The quantitative estimate of drug-likeness (QED) is 0.667. The van der Waals surface area contributed by atoms with E-state index in [2.05, 4.69) is 46.9 Å². The first-order valence-electron chi connectivity index (χ1n) is 5.72. The molecule has 0 amide bonds. The lowest BCUT2D eigenvalue weighted by Gasteiger charge is -2.25. The Bertz CT molecular complexity index is 138. The van der Waals surface area contributed by atoms with Crippen LogP contribution in [0.2, 0.25) is 0 Å². The van der Waals surface area contributed by atoms with Gasteiger partial charge in [-0.05, 0) is 47.1 Å². The van der Waals surface area contributed by atoms with Gasteiger partial charge >= 0.3 is 0 Å². The molecule has 0 aromatic carbocycles. The third-order valence-electron chi connectivity index (χ3n) is 1.89. The zero-order valence-electron chi connectivity index (χ0n) is 10.7. The van der Waals surface area contributed by atoms with Crippen molar-refractivity contribution in [1.82, 2.24) is 5.32 Å². The minimum absolute atomic E-state index is 0.00903. The van der Waals surface area contributed by atoms with E-state index in [9.17, 15) is 0 Å². The highest BCUT2D eigenvalue weighted by Crippen LogP contribution is 2.13. The molecule has 0 saturated heterocycles. The van der Waals surface area contributed by atoms with Gasteiger partial charge in [-0.1, -0.05) is 13.8 Å². The van der Waals surface area contributed by atoms with Crippen LogP contribution in [-0.2, 0) is 4.74 Å². The lowest BCUT2D eigenvalue weighted by Crippen LogP contribution is -2.27. The average Bonchev–Trinajstić information content (AvgIpc) is 1.94. The number of rotatable bonds is 6. The Labute approximate surface area is 89.4 Å². The van der Waals surface area contributed by atoms with E-state index < -0.39 is 0 Å². The van der Waals surface area contributed by atoms with Crippen LogP contribution >= 0.6 is 0 Å². The Hall–Kier alpha value is -0.0800. The smallest absolute Gasteiger partial charge is 0.0602 e. The molecule has 14 heavy (non-hydrogen) atoms. The van der Waals surface area contributed by atoms with Gasteiger partial charge in [-0.3, -0.25) is 0 Å². The van der Waals surface area contributed by atoms with E-state index >= 15 is 0 Å². The maximum atomic E-state index is 5.82. The van der Waals surface area contributed by atoms with Gasteiger partial charge in [0.1, 0.15) is 0 Å². The molecule has 0 aliphatic heterocycles. The fourth-order valence-corrected chi connectivity index (χ4v) is 1.44. The molecule has 0 aliphatic rings. The van der Waals surface area contributed by atoms with E-state index in [0.717, 1.165) is 13.0 Å². The summed E-state index contributed by atoms with van der Waals surface area (Å²) in [5.74, 6) is 0. The third kappa shape index (κ3) is 10.0. The molecule has 0 aromatic rings. The maximum Gasteiger partial charge on any atom is 0.0602 e. The Morgan fingerprint density at radius 3 is 2.14 bits per heavy atom. The molecule has 1 atom stereocenters. The van der Waals surface area contributed by atoms with E-state index in [-0.39, 0.29) is 5.60 Å². The second kappa shape index (κ2) is 6.41. The zero-order chi connectivity index (χ0) is 11.2. The second-order valence-electron chi connectivity index (χ2n) is 5.29. The second-order valence-corrected chi connectivity index (χ2v) is 5.29. The van der Waals surface area contributed by atoms with Gasteiger partial charge in [0.2, 0.25) is 0 Å². The summed E-state index contributed by atoms with van der Waals surface area (Å²) in [7, 11) is 0. The van der Waals surface area contributed by atoms with Crippen molar-refractivity contribution in [3.05, 3.63) is 0 Å². The monoisotopic (exact) mass is 201 g/mol. The van der Waals surface area contributed by atoms with E-state index in [1.807, 2.05) is 0 Å². The van der Waals surface area contributed by atoms with Crippen molar-refractivity contribution in [3.63, 3.8) is 0 Å². The SMILES string of the molecule is CC(C)NCCCC(C)OC(C)(C)C. The standard InChI is InChI=1S/C12H27NO/c1-10(2)13-9-7-8-11(3)14-12(4,5)6/h10-11,13H,7-9H2,1-6H3. The van der Waals surface area contributed by atoms with Crippen LogP contribution in [-0.4, -0.2) is 24.3 Å². The van der Waals surface area contributed by atoms with E-state index in [4.69, 9.17) is 4.74 Å². The third-order valence-corrected chi connectivity index (χ3v) is 1.89. The summed E-state index contributed by atoms with van der Waals surface area (Å²) >= 11 is 0. The molecule has 0 aliphatic carbocycles. The predicted octanol–water partition coefficient (Wildman–Crippen LogP) is 2.97. The summed E-state index contributed by atoms with van der Waals surface area (Å²) in [4.78, 5) is 0. The largest absolute Gasteiger partial charge is 0.373 e. The first-order valence-corrected chi connectivity index (χ1v) is 5.72. The highest BCUT2D eigenvalue weighted by molar-refractivity contribution is 4.64. The summed E-state index contributed by atoms with van der Waals surface area (Å²) in [6, 6.07) is 0.592. The topological polar surface area (TPSA) is 21.3 Å². The van der Waals surface area contributed by atoms with Gasteiger partial charge in [-0.2, -0.15) is 0 Å². The highest BCUT2D eigenvalue weighted by atomic mass is 16.5. The molecule has 2 nitrogen and oxygen atoms in total. The number of ether oxygens (including phenoxy) is 1. The van der Waals surface area contributed by atoms with Crippen molar-refractivity contribution in [2.24, 2.45) is 0 Å². The van der Waals surface area contributed by atoms with Crippen LogP contribution in [0.4, 0.5) is 0 Å². The highest BCUT2D eigenvalue weighted by Gasteiger charge is 2.14. The molecule has 0 aromatic heterocycles. The van der Waals surface area contributed by atoms with Gasteiger partial charge in [0.15, 0.2) is 0 Å². The molecule has 0 bridgehead atoms. The summed E-state index contributed by atoms with van der Waals surface area (Å²) in [5.41, 5.74) is -0.00903. The van der Waals surface area contributed by atoms with Crippen molar-refractivity contribution in [3.8, 4) is 0 Å². The van der Waals surface area contributed by atoms with Gasteiger partial charge in [0, 0.05) is 6.04 Å². The Kier molecular flexibility index (Phi) is 6.38. The minimum atomic E-state index is -0.00903.